The van der Waals surface area contributed by atoms with Crippen LogP contribution in [0.25, 0.3) is 10.2 Å². The molecule has 0 aliphatic rings. The summed E-state index contributed by atoms with van der Waals surface area (Å²) < 4.78 is 18.7. The molecule has 1 aromatic carbocycles. The molecule has 0 aliphatic heterocycles. The van der Waals surface area contributed by atoms with Crippen LogP contribution in [0.3, 0.4) is 0 Å². The second-order valence-corrected chi connectivity index (χ2v) is 7.76. The van der Waals surface area contributed by atoms with Gasteiger partial charge in [0, 0.05) is 10.3 Å². The van der Waals surface area contributed by atoms with Crippen LogP contribution in [0.5, 0.6) is 5.75 Å². The van der Waals surface area contributed by atoms with Crippen LogP contribution in [0.4, 0.5) is 4.39 Å². The van der Waals surface area contributed by atoms with Crippen LogP contribution in [-0.2, 0) is 0 Å². The van der Waals surface area contributed by atoms with Gasteiger partial charge in [-0.2, -0.15) is 0 Å². The van der Waals surface area contributed by atoms with E-state index >= 15 is 0 Å². The topological polar surface area (TPSA) is 52.1 Å². The lowest BCUT2D eigenvalue weighted by Gasteiger charge is -2.08. The molecule has 0 amide bonds. The Morgan fingerprint density at radius 2 is 2.04 bits per heavy atom. The molecule has 0 spiro atoms. The Kier molecular flexibility index (Phi) is 5.06. The van der Waals surface area contributed by atoms with Crippen molar-refractivity contribution in [3.8, 4) is 5.75 Å². The van der Waals surface area contributed by atoms with Gasteiger partial charge in [0.05, 0.1) is 18.4 Å². The predicted molar refractivity (Wildman–Crippen MR) is 99.6 cm³/mol. The molecule has 0 unspecified atom stereocenters. The van der Waals surface area contributed by atoms with Crippen molar-refractivity contribution in [3.05, 3.63) is 45.8 Å². The number of ether oxygens (including phenoxy) is 1. The Morgan fingerprint density at radius 1 is 1.28 bits per heavy atom. The highest BCUT2D eigenvalue weighted by Crippen LogP contribution is 2.35. The van der Waals surface area contributed by atoms with Gasteiger partial charge in [-0.25, -0.2) is 14.4 Å². The fourth-order valence-corrected chi connectivity index (χ4v) is 4.68. The average Bonchev–Trinajstić information content (AvgIpc) is 2.86. The van der Waals surface area contributed by atoms with E-state index in [0.717, 1.165) is 20.8 Å². The molecule has 0 radical (unpaired) electrons. The number of carbonyl (C=O) groups excluding carboxylic acids is 1. The molecule has 0 atom stereocenters. The smallest absolute Gasteiger partial charge is 0.176 e. The first-order valence-corrected chi connectivity index (χ1v) is 9.44. The van der Waals surface area contributed by atoms with E-state index in [1.54, 1.807) is 11.3 Å². The number of thiophene rings is 1. The van der Waals surface area contributed by atoms with Gasteiger partial charge in [-0.3, -0.25) is 4.79 Å². The minimum Gasteiger partial charge on any atom is -0.496 e. The third kappa shape index (κ3) is 3.52. The summed E-state index contributed by atoms with van der Waals surface area (Å²) in [6.07, 6.45) is 0. The third-order valence-electron chi connectivity index (χ3n) is 3.91. The zero-order chi connectivity index (χ0) is 18.1. The first-order valence-electron chi connectivity index (χ1n) is 7.64. The van der Waals surface area contributed by atoms with Crippen molar-refractivity contribution in [2.24, 2.45) is 0 Å². The number of nitrogens with zero attached hydrogens (tertiary/aromatic N) is 2. The zero-order valence-corrected chi connectivity index (χ0v) is 16.0. The summed E-state index contributed by atoms with van der Waals surface area (Å²) in [4.78, 5) is 23.7. The lowest BCUT2D eigenvalue weighted by atomic mass is 10.1. The average molecular weight is 376 g/mol. The van der Waals surface area contributed by atoms with Gasteiger partial charge in [0.1, 0.15) is 27.2 Å². The molecule has 7 heteroatoms. The number of carbonyl (C=O) groups is 1. The van der Waals surface area contributed by atoms with Crippen molar-refractivity contribution in [3.63, 3.8) is 0 Å². The Bertz CT molecular complexity index is 969. The Balaban J connectivity index is 1.91. The maximum atomic E-state index is 13.5. The third-order valence-corrected chi connectivity index (χ3v) is 5.99. The number of methoxy groups -OCH3 is 1. The molecule has 3 rings (SSSR count). The zero-order valence-electron chi connectivity index (χ0n) is 14.3. The van der Waals surface area contributed by atoms with Gasteiger partial charge in [-0.1, -0.05) is 11.8 Å². The Labute approximate surface area is 153 Å². The van der Waals surface area contributed by atoms with E-state index in [9.17, 15) is 9.18 Å². The standard InChI is InChI=1S/C18H17FN2O2S2/c1-9-10(2)25-18-16(9)17(20-11(3)21-18)24-8-14(22)13-7-12(19)5-6-15(13)23-4/h5-7H,8H2,1-4H3. The van der Waals surface area contributed by atoms with Crippen LogP contribution in [0.15, 0.2) is 23.2 Å². The van der Waals surface area contributed by atoms with E-state index in [2.05, 4.69) is 9.97 Å². The fourth-order valence-electron chi connectivity index (χ4n) is 2.53. The van der Waals surface area contributed by atoms with Gasteiger partial charge < -0.3 is 4.74 Å². The largest absolute Gasteiger partial charge is 0.496 e. The van der Waals surface area contributed by atoms with Crippen LogP contribution in [0, 0.1) is 26.6 Å². The van der Waals surface area contributed by atoms with Gasteiger partial charge >= 0.3 is 0 Å². The number of hydrogen-bond donors (Lipinski definition) is 0. The second kappa shape index (κ2) is 7.09. The lowest BCUT2D eigenvalue weighted by Crippen LogP contribution is -2.06. The number of ketones is 1. The molecule has 130 valence electrons. The van der Waals surface area contributed by atoms with E-state index in [1.165, 1.54) is 41.9 Å². The highest BCUT2D eigenvalue weighted by molar-refractivity contribution is 8.00. The number of halogens is 1. The summed E-state index contributed by atoms with van der Waals surface area (Å²) in [5.74, 6) is 0.541. The molecule has 4 nitrogen and oxygen atoms in total. The number of aryl methyl sites for hydroxylation is 3. The van der Waals surface area contributed by atoms with E-state index in [4.69, 9.17) is 4.74 Å². The number of rotatable bonds is 5. The monoisotopic (exact) mass is 376 g/mol. The van der Waals surface area contributed by atoms with Crippen LogP contribution in [-0.4, -0.2) is 28.6 Å². The number of fused-ring (bicyclic) bond motifs is 1. The Morgan fingerprint density at radius 3 is 2.76 bits per heavy atom. The van der Waals surface area contributed by atoms with Crippen LogP contribution < -0.4 is 4.74 Å². The van der Waals surface area contributed by atoms with Crippen LogP contribution >= 0.6 is 23.1 Å². The van der Waals surface area contributed by atoms with Gasteiger partial charge in [0.2, 0.25) is 0 Å². The molecule has 0 bridgehead atoms. The van der Waals surface area contributed by atoms with Crippen molar-refractivity contribution in [1.29, 1.82) is 0 Å². The fraction of sp³-hybridized carbons (Fsp3) is 0.278. The normalized spacial score (nSPS) is 11.1. The van der Waals surface area contributed by atoms with E-state index < -0.39 is 5.82 Å². The van der Waals surface area contributed by atoms with Gasteiger partial charge in [-0.15, -0.1) is 11.3 Å². The second-order valence-electron chi connectivity index (χ2n) is 5.60. The molecule has 2 aromatic heterocycles. The molecule has 0 fully saturated rings. The first-order chi connectivity index (χ1) is 11.9. The predicted octanol–water partition coefficient (Wildman–Crippen LogP) is 4.74. The van der Waals surface area contributed by atoms with E-state index in [0.29, 0.717) is 11.6 Å². The molecule has 0 N–H and O–H groups in total. The summed E-state index contributed by atoms with van der Waals surface area (Å²) in [5, 5.41) is 1.78. The van der Waals surface area contributed by atoms with Gasteiger partial charge in [-0.05, 0) is 44.5 Å². The van der Waals surface area contributed by atoms with Gasteiger partial charge in [0.15, 0.2) is 5.78 Å². The summed E-state index contributed by atoms with van der Waals surface area (Å²) >= 11 is 2.97. The van der Waals surface area contributed by atoms with E-state index in [-0.39, 0.29) is 17.1 Å². The van der Waals surface area contributed by atoms with Crippen molar-refractivity contribution in [2.45, 2.75) is 25.8 Å². The number of thioether (sulfide) groups is 1. The quantitative estimate of drug-likeness (QED) is 0.366. The van der Waals surface area contributed by atoms with Crippen LogP contribution in [0.2, 0.25) is 0 Å². The van der Waals surface area contributed by atoms with Crippen molar-refractivity contribution in [1.82, 2.24) is 9.97 Å². The minimum absolute atomic E-state index is 0.152. The van der Waals surface area contributed by atoms with Crippen LogP contribution in [0.1, 0.15) is 26.6 Å². The number of benzene rings is 1. The van der Waals surface area contributed by atoms with Crippen molar-refractivity contribution >= 4 is 39.1 Å². The molecule has 2 heterocycles. The van der Waals surface area contributed by atoms with Crippen molar-refractivity contribution in [2.75, 3.05) is 12.9 Å². The maximum absolute atomic E-state index is 13.5. The number of aromatic nitrogens is 2. The molecular weight excluding hydrogens is 359 g/mol. The lowest BCUT2D eigenvalue weighted by molar-refractivity contribution is 0.101. The first kappa shape index (κ1) is 17.8. The number of Topliss-reactive ketones (excluding diaryl/α,β-unsaturated/α-hetero) is 1. The van der Waals surface area contributed by atoms with Gasteiger partial charge in [0.25, 0.3) is 0 Å². The SMILES string of the molecule is COc1ccc(F)cc1C(=O)CSc1nc(C)nc2sc(C)c(C)c12. The van der Waals surface area contributed by atoms with Crippen molar-refractivity contribution < 1.29 is 13.9 Å². The molecule has 0 saturated heterocycles. The molecule has 0 saturated carbocycles. The number of hydrogen-bond acceptors (Lipinski definition) is 6. The molecular formula is C18H17FN2O2S2. The minimum atomic E-state index is -0.460. The summed E-state index contributed by atoms with van der Waals surface area (Å²) in [5.41, 5.74) is 1.38. The Hall–Kier alpha value is -1.99. The highest BCUT2D eigenvalue weighted by Gasteiger charge is 2.18. The maximum Gasteiger partial charge on any atom is 0.176 e. The molecule has 0 aliphatic carbocycles. The molecule has 3 aromatic rings. The summed E-state index contributed by atoms with van der Waals surface area (Å²) in [7, 11) is 1.46. The summed E-state index contributed by atoms with van der Waals surface area (Å²) in [6.45, 7) is 5.92. The highest BCUT2D eigenvalue weighted by atomic mass is 32.2. The summed E-state index contributed by atoms with van der Waals surface area (Å²) in [6, 6.07) is 3.95. The molecule has 25 heavy (non-hydrogen) atoms. The van der Waals surface area contributed by atoms with E-state index in [1.807, 2.05) is 20.8 Å².